The highest BCUT2D eigenvalue weighted by molar-refractivity contribution is 6.29. The van der Waals surface area contributed by atoms with Crippen LogP contribution in [0, 0.1) is 12.3 Å². The molecule has 0 aliphatic rings. The van der Waals surface area contributed by atoms with Crippen LogP contribution in [0.3, 0.4) is 0 Å². The van der Waals surface area contributed by atoms with E-state index in [0.717, 1.165) is 12.8 Å². The first-order chi connectivity index (χ1) is 8.69. The van der Waals surface area contributed by atoms with Gasteiger partial charge in [0, 0.05) is 12.7 Å². The quantitative estimate of drug-likeness (QED) is 0.610. The van der Waals surface area contributed by atoms with E-state index in [1.165, 1.54) is 0 Å². The molecule has 4 nitrogen and oxygen atoms in total. The summed E-state index contributed by atoms with van der Waals surface area (Å²) in [5, 5.41) is 3.54. The van der Waals surface area contributed by atoms with Crippen LogP contribution < -0.4 is 5.32 Å². The third kappa shape index (κ3) is 4.91. The fourth-order valence-corrected chi connectivity index (χ4v) is 1.66. The van der Waals surface area contributed by atoms with Gasteiger partial charge in [0.05, 0.1) is 6.04 Å². The molecule has 0 saturated heterocycles. The fourth-order valence-electron chi connectivity index (χ4n) is 1.46. The standard InChI is InChI=1S/C13H18ClN3O/c1-4-7-10(5-2)15-12-8-11(14)16-13(17-12)9-18-6-3/h2,8,10H,4,6-7,9H2,1,3H3,(H,15,16,17). The Balaban J connectivity index is 2.75. The lowest BCUT2D eigenvalue weighted by molar-refractivity contribution is 0.128. The molecule has 0 aromatic carbocycles. The van der Waals surface area contributed by atoms with Crippen molar-refractivity contribution in [2.45, 2.75) is 39.3 Å². The van der Waals surface area contributed by atoms with Gasteiger partial charge >= 0.3 is 0 Å². The molecule has 1 atom stereocenters. The van der Waals surface area contributed by atoms with Gasteiger partial charge in [0.15, 0.2) is 5.82 Å². The zero-order valence-corrected chi connectivity index (χ0v) is 11.5. The number of nitrogens with one attached hydrogen (secondary N) is 1. The van der Waals surface area contributed by atoms with Crippen molar-refractivity contribution < 1.29 is 4.74 Å². The Morgan fingerprint density at radius 3 is 2.89 bits per heavy atom. The Bertz CT molecular complexity index is 417. The maximum Gasteiger partial charge on any atom is 0.158 e. The summed E-state index contributed by atoms with van der Waals surface area (Å²) in [6.45, 7) is 4.96. The summed E-state index contributed by atoms with van der Waals surface area (Å²) < 4.78 is 5.26. The van der Waals surface area contributed by atoms with E-state index in [2.05, 4.69) is 28.1 Å². The summed E-state index contributed by atoms with van der Waals surface area (Å²) in [4.78, 5) is 8.40. The van der Waals surface area contributed by atoms with Crippen molar-refractivity contribution in [3.8, 4) is 12.3 Å². The molecule has 1 aromatic rings. The van der Waals surface area contributed by atoms with E-state index in [1.54, 1.807) is 6.07 Å². The largest absolute Gasteiger partial charge is 0.374 e. The van der Waals surface area contributed by atoms with Crippen LogP contribution >= 0.6 is 11.6 Å². The Morgan fingerprint density at radius 2 is 2.28 bits per heavy atom. The second-order valence-corrected chi connectivity index (χ2v) is 4.17. The number of terminal acetylenes is 1. The predicted octanol–water partition coefficient (Wildman–Crippen LogP) is 2.88. The molecule has 1 heterocycles. The minimum atomic E-state index is -0.0408. The Hall–Kier alpha value is -1.31. The first-order valence-corrected chi connectivity index (χ1v) is 6.41. The number of anilines is 1. The van der Waals surface area contributed by atoms with Crippen LogP contribution in [0.5, 0.6) is 0 Å². The molecule has 0 aliphatic heterocycles. The van der Waals surface area contributed by atoms with Gasteiger partial charge in [-0.2, -0.15) is 0 Å². The number of halogens is 1. The highest BCUT2D eigenvalue weighted by atomic mass is 35.5. The van der Waals surface area contributed by atoms with Crippen LogP contribution in [0.4, 0.5) is 5.82 Å². The van der Waals surface area contributed by atoms with Crippen molar-refractivity contribution in [2.75, 3.05) is 11.9 Å². The third-order valence-corrected chi connectivity index (χ3v) is 2.47. The van der Waals surface area contributed by atoms with Crippen molar-refractivity contribution in [2.24, 2.45) is 0 Å². The second kappa shape index (κ2) is 7.91. The Kier molecular flexibility index (Phi) is 6.48. The number of rotatable bonds is 7. The summed E-state index contributed by atoms with van der Waals surface area (Å²) in [5.74, 6) is 3.88. The van der Waals surface area contributed by atoms with Gasteiger partial charge in [-0.3, -0.25) is 0 Å². The van der Waals surface area contributed by atoms with E-state index in [1.807, 2.05) is 6.92 Å². The number of nitrogens with zero attached hydrogens (tertiary/aromatic N) is 2. The fraction of sp³-hybridized carbons (Fsp3) is 0.538. The van der Waals surface area contributed by atoms with E-state index in [-0.39, 0.29) is 6.04 Å². The minimum absolute atomic E-state index is 0.0408. The van der Waals surface area contributed by atoms with Crippen LogP contribution in [0.15, 0.2) is 6.07 Å². The first-order valence-electron chi connectivity index (χ1n) is 6.03. The smallest absolute Gasteiger partial charge is 0.158 e. The van der Waals surface area contributed by atoms with Crippen LogP contribution in [0.2, 0.25) is 5.15 Å². The van der Waals surface area contributed by atoms with Gasteiger partial charge in [0.25, 0.3) is 0 Å². The number of ether oxygens (including phenoxy) is 1. The summed E-state index contributed by atoms with van der Waals surface area (Å²) >= 11 is 5.93. The highest BCUT2D eigenvalue weighted by Crippen LogP contribution is 2.14. The number of aromatic nitrogens is 2. The lowest BCUT2D eigenvalue weighted by atomic mass is 10.2. The molecule has 18 heavy (non-hydrogen) atoms. The maximum absolute atomic E-state index is 5.93. The molecular weight excluding hydrogens is 250 g/mol. The number of hydrogen-bond donors (Lipinski definition) is 1. The molecular formula is C13H18ClN3O. The minimum Gasteiger partial charge on any atom is -0.374 e. The van der Waals surface area contributed by atoms with E-state index >= 15 is 0 Å². The molecule has 0 radical (unpaired) electrons. The van der Waals surface area contributed by atoms with Crippen LogP contribution in [0.1, 0.15) is 32.5 Å². The Morgan fingerprint density at radius 1 is 1.50 bits per heavy atom. The lowest BCUT2D eigenvalue weighted by Crippen LogP contribution is -2.18. The maximum atomic E-state index is 5.93. The molecule has 98 valence electrons. The Labute approximate surface area is 113 Å². The van der Waals surface area contributed by atoms with Crippen molar-refractivity contribution in [1.29, 1.82) is 0 Å². The van der Waals surface area contributed by atoms with E-state index < -0.39 is 0 Å². The monoisotopic (exact) mass is 267 g/mol. The van der Waals surface area contributed by atoms with Crippen molar-refractivity contribution in [3.05, 3.63) is 17.0 Å². The topological polar surface area (TPSA) is 47.0 Å². The van der Waals surface area contributed by atoms with Gasteiger partial charge in [-0.05, 0) is 13.3 Å². The van der Waals surface area contributed by atoms with E-state index in [4.69, 9.17) is 22.8 Å². The third-order valence-electron chi connectivity index (χ3n) is 2.28. The van der Waals surface area contributed by atoms with E-state index in [9.17, 15) is 0 Å². The first kappa shape index (κ1) is 14.7. The SMILES string of the molecule is C#CC(CCC)Nc1cc(Cl)nc(COCC)n1. The van der Waals surface area contributed by atoms with Gasteiger partial charge in [0.2, 0.25) is 0 Å². The molecule has 1 rings (SSSR count). The van der Waals surface area contributed by atoms with Crippen molar-refractivity contribution in [1.82, 2.24) is 9.97 Å². The normalized spacial score (nSPS) is 11.9. The zero-order valence-electron chi connectivity index (χ0n) is 10.7. The summed E-state index contributed by atoms with van der Waals surface area (Å²) in [7, 11) is 0. The molecule has 0 fully saturated rings. The molecule has 5 heteroatoms. The van der Waals surface area contributed by atoms with Gasteiger partial charge in [-0.1, -0.05) is 30.9 Å². The van der Waals surface area contributed by atoms with Gasteiger partial charge in [0.1, 0.15) is 17.6 Å². The molecule has 0 saturated carbocycles. The summed E-state index contributed by atoms with van der Waals surface area (Å²) in [6, 6.07) is 1.62. The predicted molar refractivity (Wildman–Crippen MR) is 73.5 cm³/mol. The van der Waals surface area contributed by atoms with Crippen molar-refractivity contribution in [3.63, 3.8) is 0 Å². The van der Waals surface area contributed by atoms with E-state index in [0.29, 0.717) is 30.0 Å². The highest BCUT2D eigenvalue weighted by Gasteiger charge is 2.07. The van der Waals surface area contributed by atoms with Crippen molar-refractivity contribution >= 4 is 17.4 Å². The number of hydrogen-bond acceptors (Lipinski definition) is 4. The van der Waals surface area contributed by atoms with Crippen LogP contribution in [-0.4, -0.2) is 22.6 Å². The molecule has 0 bridgehead atoms. The molecule has 0 spiro atoms. The molecule has 1 N–H and O–H groups in total. The summed E-state index contributed by atoms with van der Waals surface area (Å²) in [6.07, 6.45) is 7.34. The van der Waals surface area contributed by atoms with Gasteiger partial charge < -0.3 is 10.1 Å². The summed E-state index contributed by atoms with van der Waals surface area (Å²) in [5.41, 5.74) is 0. The van der Waals surface area contributed by atoms with Gasteiger partial charge in [-0.25, -0.2) is 9.97 Å². The average molecular weight is 268 g/mol. The second-order valence-electron chi connectivity index (χ2n) is 3.78. The molecule has 0 amide bonds. The average Bonchev–Trinajstić information content (AvgIpc) is 2.35. The molecule has 1 unspecified atom stereocenters. The van der Waals surface area contributed by atoms with Gasteiger partial charge in [-0.15, -0.1) is 6.42 Å². The van der Waals surface area contributed by atoms with Crippen LogP contribution in [0.25, 0.3) is 0 Å². The van der Waals surface area contributed by atoms with Crippen LogP contribution in [-0.2, 0) is 11.3 Å². The lowest BCUT2D eigenvalue weighted by Gasteiger charge is -2.13. The molecule has 1 aromatic heterocycles. The zero-order chi connectivity index (χ0) is 13.4. The molecule has 0 aliphatic carbocycles.